The van der Waals surface area contributed by atoms with Gasteiger partial charge in [0.25, 0.3) is 5.91 Å². The van der Waals surface area contributed by atoms with E-state index in [1.807, 2.05) is 12.1 Å². The zero-order valence-corrected chi connectivity index (χ0v) is 15.7. The SMILES string of the molecule is Cc1nc(-c2ccc(Cl)cc2)sc1C(=O)N[C@]1(C)CCS(=O)(=O)C1. The van der Waals surface area contributed by atoms with Crippen LogP contribution in [-0.2, 0) is 9.84 Å². The molecule has 3 rings (SSSR count). The fraction of sp³-hybridized carbons (Fsp3) is 0.375. The van der Waals surface area contributed by atoms with Gasteiger partial charge in [0, 0.05) is 10.6 Å². The minimum absolute atomic E-state index is 0.0202. The van der Waals surface area contributed by atoms with Crippen LogP contribution >= 0.6 is 22.9 Å². The van der Waals surface area contributed by atoms with Crippen LogP contribution in [0.3, 0.4) is 0 Å². The average Bonchev–Trinajstić information content (AvgIpc) is 3.00. The predicted molar refractivity (Wildman–Crippen MR) is 96.4 cm³/mol. The van der Waals surface area contributed by atoms with E-state index in [2.05, 4.69) is 10.3 Å². The van der Waals surface area contributed by atoms with Crippen molar-refractivity contribution in [2.75, 3.05) is 11.5 Å². The molecule has 0 bridgehead atoms. The Labute approximate surface area is 150 Å². The first-order valence-corrected chi connectivity index (χ1v) is 10.5. The average molecular weight is 385 g/mol. The van der Waals surface area contributed by atoms with E-state index in [0.717, 1.165) is 10.6 Å². The molecule has 1 N–H and O–H groups in total. The van der Waals surface area contributed by atoms with Gasteiger partial charge < -0.3 is 5.32 Å². The van der Waals surface area contributed by atoms with Gasteiger partial charge in [-0.3, -0.25) is 4.79 Å². The maximum Gasteiger partial charge on any atom is 0.263 e. The number of hydrogen-bond acceptors (Lipinski definition) is 5. The van der Waals surface area contributed by atoms with Gasteiger partial charge in [-0.05, 0) is 32.4 Å². The Morgan fingerprint density at radius 2 is 2.00 bits per heavy atom. The molecule has 8 heteroatoms. The third kappa shape index (κ3) is 3.63. The lowest BCUT2D eigenvalue weighted by atomic mass is 10.0. The van der Waals surface area contributed by atoms with Crippen LogP contribution in [0.5, 0.6) is 0 Å². The topological polar surface area (TPSA) is 76.1 Å². The van der Waals surface area contributed by atoms with E-state index < -0.39 is 15.4 Å². The van der Waals surface area contributed by atoms with Crippen molar-refractivity contribution in [3.05, 3.63) is 39.9 Å². The number of sulfone groups is 1. The molecular formula is C16H17ClN2O3S2. The van der Waals surface area contributed by atoms with Crippen molar-refractivity contribution >= 4 is 38.7 Å². The number of rotatable bonds is 3. The van der Waals surface area contributed by atoms with Gasteiger partial charge in [0.05, 0.1) is 22.7 Å². The lowest BCUT2D eigenvalue weighted by Gasteiger charge is -2.23. The lowest BCUT2D eigenvalue weighted by molar-refractivity contribution is 0.0919. The maximum absolute atomic E-state index is 12.6. The molecule has 2 heterocycles. The van der Waals surface area contributed by atoms with Gasteiger partial charge in [0.15, 0.2) is 9.84 Å². The van der Waals surface area contributed by atoms with Crippen LogP contribution in [-0.4, -0.2) is 36.4 Å². The van der Waals surface area contributed by atoms with Gasteiger partial charge in [-0.2, -0.15) is 0 Å². The standard InChI is InChI=1S/C16H17ClN2O3S2/c1-10-13(14(20)19-16(2)7-8-24(21,22)9-16)23-15(18-10)11-3-5-12(17)6-4-11/h3-6H,7-9H2,1-2H3,(H,19,20)/t16-/m1/s1. The zero-order chi connectivity index (χ0) is 17.5. The van der Waals surface area contributed by atoms with Crippen LogP contribution in [0.15, 0.2) is 24.3 Å². The maximum atomic E-state index is 12.6. The van der Waals surface area contributed by atoms with Crippen LogP contribution in [0, 0.1) is 6.92 Å². The van der Waals surface area contributed by atoms with Crippen molar-refractivity contribution in [1.29, 1.82) is 0 Å². The third-order valence-corrected chi connectivity index (χ3v) is 7.37. The van der Waals surface area contributed by atoms with Crippen molar-refractivity contribution in [2.45, 2.75) is 25.8 Å². The number of benzene rings is 1. The summed E-state index contributed by atoms with van der Waals surface area (Å²) in [5.41, 5.74) is 0.806. The number of nitrogens with one attached hydrogen (secondary N) is 1. The van der Waals surface area contributed by atoms with E-state index in [1.165, 1.54) is 11.3 Å². The largest absolute Gasteiger partial charge is 0.345 e. The summed E-state index contributed by atoms with van der Waals surface area (Å²) in [6.07, 6.45) is 0.433. The second kappa shape index (κ2) is 6.13. The Morgan fingerprint density at radius 1 is 1.33 bits per heavy atom. The van der Waals surface area contributed by atoms with Crippen molar-refractivity contribution in [1.82, 2.24) is 10.3 Å². The first-order valence-electron chi connectivity index (χ1n) is 7.44. The summed E-state index contributed by atoms with van der Waals surface area (Å²) in [5.74, 6) is -0.181. The summed E-state index contributed by atoms with van der Waals surface area (Å²) >= 11 is 7.18. The molecule has 0 spiro atoms. The van der Waals surface area contributed by atoms with E-state index in [4.69, 9.17) is 11.6 Å². The summed E-state index contributed by atoms with van der Waals surface area (Å²) in [6, 6.07) is 7.26. The molecule has 128 valence electrons. The van der Waals surface area contributed by atoms with Crippen molar-refractivity contribution in [2.24, 2.45) is 0 Å². The normalized spacial score (nSPS) is 22.5. The zero-order valence-electron chi connectivity index (χ0n) is 13.3. The van der Waals surface area contributed by atoms with E-state index in [9.17, 15) is 13.2 Å². The highest BCUT2D eigenvalue weighted by molar-refractivity contribution is 7.91. The second-order valence-electron chi connectivity index (χ2n) is 6.30. The molecule has 0 unspecified atom stereocenters. The first-order chi connectivity index (χ1) is 11.2. The predicted octanol–water partition coefficient (Wildman–Crippen LogP) is 3.08. The van der Waals surface area contributed by atoms with Gasteiger partial charge in [-0.1, -0.05) is 23.7 Å². The number of carbonyl (C=O) groups is 1. The summed E-state index contributed by atoms with van der Waals surface area (Å²) < 4.78 is 23.4. The van der Waals surface area contributed by atoms with E-state index in [1.54, 1.807) is 26.0 Å². The number of aromatic nitrogens is 1. The van der Waals surface area contributed by atoms with Crippen LogP contribution in [0.4, 0.5) is 0 Å². The monoisotopic (exact) mass is 384 g/mol. The highest BCUT2D eigenvalue weighted by Gasteiger charge is 2.40. The van der Waals surface area contributed by atoms with Gasteiger partial charge in [0.1, 0.15) is 9.88 Å². The molecule has 1 atom stereocenters. The number of amides is 1. The molecule has 0 radical (unpaired) electrons. The number of hydrogen-bond donors (Lipinski definition) is 1. The van der Waals surface area contributed by atoms with Gasteiger partial charge in [-0.25, -0.2) is 13.4 Å². The Morgan fingerprint density at radius 3 is 2.58 bits per heavy atom. The molecule has 5 nitrogen and oxygen atoms in total. The fourth-order valence-corrected chi connectivity index (χ4v) is 5.95. The van der Waals surface area contributed by atoms with Gasteiger partial charge in [0.2, 0.25) is 0 Å². The fourth-order valence-electron chi connectivity index (χ4n) is 2.76. The number of thiazole rings is 1. The summed E-state index contributed by atoms with van der Waals surface area (Å²) in [6.45, 7) is 3.55. The Balaban J connectivity index is 1.82. The second-order valence-corrected chi connectivity index (χ2v) is 9.92. The minimum Gasteiger partial charge on any atom is -0.345 e. The number of halogens is 1. The number of carbonyl (C=O) groups excluding carboxylic acids is 1. The quantitative estimate of drug-likeness (QED) is 0.882. The van der Waals surface area contributed by atoms with Crippen LogP contribution in [0.2, 0.25) is 5.02 Å². The highest BCUT2D eigenvalue weighted by Crippen LogP contribution is 2.30. The minimum atomic E-state index is -3.07. The molecule has 1 fully saturated rings. The molecule has 0 aliphatic carbocycles. The molecule has 1 amide bonds. The molecule has 1 aliphatic heterocycles. The number of aryl methyl sites for hydroxylation is 1. The highest BCUT2D eigenvalue weighted by atomic mass is 35.5. The first kappa shape index (κ1) is 17.4. The Bertz CT molecular complexity index is 891. The lowest BCUT2D eigenvalue weighted by Crippen LogP contribution is -2.46. The Hall–Kier alpha value is -1.44. The molecule has 1 aliphatic rings. The van der Waals surface area contributed by atoms with Crippen LogP contribution in [0.1, 0.15) is 28.7 Å². The van der Waals surface area contributed by atoms with Gasteiger partial charge >= 0.3 is 0 Å². The van der Waals surface area contributed by atoms with Crippen molar-refractivity contribution < 1.29 is 13.2 Å². The molecule has 1 aromatic carbocycles. The van der Waals surface area contributed by atoms with E-state index in [-0.39, 0.29) is 17.4 Å². The van der Waals surface area contributed by atoms with Crippen molar-refractivity contribution in [3.63, 3.8) is 0 Å². The smallest absolute Gasteiger partial charge is 0.263 e. The molecule has 24 heavy (non-hydrogen) atoms. The van der Waals surface area contributed by atoms with Gasteiger partial charge in [-0.15, -0.1) is 11.3 Å². The summed E-state index contributed by atoms with van der Waals surface area (Å²) in [5, 5.41) is 4.25. The van der Waals surface area contributed by atoms with Crippen LogP contribution < -0.4 is 5.32 Å². The molecule has 1 saturated heterocycles. The van der Waals surface area contributed by atoms with Crippen molar-refractivity contribution in [3.8, 4) is 10.6 Å². The van der Waals surface area contributed by atoms with E-state index >= 15 is 0 Å². The van der Waals surface area contributed by atoms with Crippen LogP contribution in [0.25, 0.3) is 10.6 Å². The third-order valence-electron chi connectivity index (χ3n) is 4.01. The molecule has 1 aromatic heterocycles. The van der Waals surface area contributed by atoms with E-state index in [0.29, 0.717) is 22.0 Å². The molecular weight excluding hydrogens is 368 g/mol. The summed E-state index contributed by atoms with van der Waals surface area (Å²) in [7, 11) is -3.07. The Kier molecular flexibility index (Phi) is 4.44. The molecule has 2 aromatic rings. The summed E-state index contributed by atoms with van der Waals surface area (Å²) in [4.78, 5) is 17.5. The number of nitrogens with zero attached hydrogens (tertiary/aromatic N) is 1. The molecule has 0 saturated carbocycles.